The smallest absolute Gasteiger partial charge is 0.242 e. The number of hydrogen-bond donors (Lipinski definition) is 0. The fourth-order valence-corrected chi connectivity index (χ4v) is 10.2. The Morgan fingerprint density at radius 2 is 0.634 bits per heavy atom. The van der Waals surface area contributed by atoms with Gasteiger partial charge in [0.25, 0.3) is 0 Å². The van der Waals surface area contributed by atoms with E-state index < -0.39 is 33.3 Å². The molecule has 0 saturated heterocycles. The zero-order valence-corrected chi connectivity index (χ0v) is 32.9. The molecule has 2 aliphatic carbocycles. The lowest BCUT2D eigenvalue weighted by molar-refractivity contribution is 0.349. The molecular weight excluding hydrogens is 573 g/mol. The van der Waals surface area contributed by atoms with Crippen molar-refractivity contribution in [1.82, 2.24) is 0 Å². The molecule has 2 aromatic carbocycles. The fourth-order valence-electron chi connectivity index (χ4n) is 6.96. The number of fused-ring (bicyclic) bond motifs is 4. The van der Waals surface area contributed by atoms with Crippen LogP contribution in [-0.4, -0.2) is 33.3 Å². The largest absolute Gasteiger partial charge is 0.542 e. The molecule has 4 nitrogen and oxygen atoms in total. The van der Waals surface area contributed by atoms with Gasteiger partial charge in [-0.1, -0.05) is 27.7 Å². The Labute approximate surface area is 255 Å². The fraction of sp³-hybridized carbons (Fsp3) is 0.636. The van der Waals surface area contributed by atoms with Crippen LogP contribution in [0.2, 0.25) is 78.6 Å². The molecule has 4 rings (SSSR count). The molecule has 1 spiro atoms. The van der Waals surface area contributed by atoms with Gasteiger partial charge in [0, 0.05) is 5.41 Å². The molecule has 0 aromatic heterocycles. The van der Waals surface area contributed by atoms with Crippen LogP contribution in [0.4, 0.5) is 0 Å². The minimum Gasteiger partial charge on any atom is -0.542 e. The first kappa shape index (κ1) is 32.4. The van der Waals surface area contributed by atoms with Crippen molar-refractivity contribution in [2.24, 2.45) is 0 Å². The van der Waals surface area contributed by atoms with Crippen LogP contribution >= 0.6 is 0 Å². The second-order valence-corrected chi connectivity index (χ2v) is 35.5. The molecule has 2 aromatic rings. The minimum atomic E-state index is -1.88. The molecule has 0 amide bonds. The lowest BCUT2D eigenvalue weighted by atomic mass is 9.72. The van der Waals surface area contributed by atoms with Gasteiger partial charge >= 0.3 is 0 Å². The Morgan fingerprint density at radius 1 is 0.415 bits per heavy atom. The summed E-state index contributed by atoms with van der Waals surface area (Å²) in [5.74, 6) is 3.70. The Kier molecular flexibility index (Phi) is 7.72. The molecule has 8 heteroatoms. The summed E-state index contributed by atoms with van der Waals surface area (Å²) in [6, 6.07) is 9.42. The van der Waals surface area contributed by atoms with Gasteiger partial charge in [-0.3, -0.25) is 0 Å². The molecule has 0 N–H and O–H groups in total. The van der Waals surface area contributed by atoms with Crippen molar-refractivity contribution in [2.45, 2.75) is 135 Å². The second kappa shape index (κ2) is 9.76. The Hall–Kier alpha value is -1.49. The SMILES string of the molecule is CC1(C)CC2(CC(C)(C)c3cc(O[Si](C)(C)C)c(O[Si](C)(C)C)cc32)c2cc(O[Si](C)(C)C)c(O[Si](C)(C)C)cc21. The van der Waals surface area contributed by atoms with Gasteiger partial charge in [-0.2, -0.15) is 0 Å². The standard InChI is InChI=1S/C33H56O4Si4/c1-31(2)21-33(25-19-29(36-40(11,12)13)27(17-23(25)31)34-38(5,6)7)22-32(3,4)24-18-28(35-39(8,9)10)30(20-26(24)33)37-41(14,15)16/h17-20H,21-22H2,1-16H3. The van der Waals surface area contributed by atoms with Crippen molar-refractivity contribution < 1.29 is 17.7 Å². The molecule has 0 aliphatic heterocycles. The van der Waals surface area contributed by atoms with Crippen LogP contribution < -0.4 is 17.7 Å². The second-order valence-electron chi connectivity index (χ2n) is 17.8. The molecule has 0 saturated carbocycles. The lowest BCUT2D eigenvalue weighted by Gasteiger charge is -2.32. The summed E-state index contributed by atoms with van der Waals surface area (Å²) >= 11 is 0. The summed E-state index contributed by atoms with van der Waals surface area (Å²) in [5.41, 5.74) is 5.47. The highest BCUT2D eigenvalue weighted by Gasteiger charge is 2.57. The van der Waals surface area contributed by atoms with E-state index in [9.17, 15) is 0 Å². The summed E-state index contributed by atoms with van der Waals surface area (Å²) in [6.45, 7) is 36.7. The van der Waals surface area contributed by atoms with Crippen molar-refractivity contribution in [1.29, 1.82) is 0 Å². The van der Waals surface area contributed by atoms with E-state index >= 15 is 0 Å². The topological polar surface area (TPSA) is 36.9 Å². The predicted octanol–water partition coefficient (Wildman–Crippen LogP) is 10.2. The molecule has 0 unspecified atom stereocenters. The van der Waals surface area contributed by atoms with E-state index in [1.54, 1.807) is 0 Å². The minimum absolute atomic E-state index is 0.00441. The van der Waals surface area contributed by atoms with Crippen molar-refractivity contribution >= 4 is 33.3 Å². The number of hydrogen-bond acceptors (Lipinski definition) is 4. The molecule has 228 valence electrons. The van der Waals surface area contributed by atoms with Crippen molar-refractivity contribution in [3.63, 3.8) is 0 Å². The van der Waals surface area contributed by atoms with E-state index in [0.717, 1.165) is 35.8 Å². The average molecular weight is 629 g/mol. The van der Waals surface area contributed by atoms with E-state index in [1.165, 1.54) is 22.3 Å². The van der Waals surface area contributed by atoms with Crippen molar-refractivity contribution in [2.75, 3.05) is 0 Å². The number of rotatable bonds is 8. The molecule has 41 heavy (non-hydrogen) atoms. The van der Waals surface area contributed by atoms with Crippen LogP contribution in [-0.2, 0) is 16.2 Å². The van der Waals surface area contributed by atoms with Gasteiger partial charge in [0.1, 0.15) is 23.0 Å². The maximum absolute atomic E-state index is 6.78. The normalized spacial score (nSPS) is 19.1. The first-order valence-corrected chi connectivity index (χ1v) is 29.0. The molecular formula is C33H56O4Si4. The van der Waals surface area contributed by atoms with Crippen LogP contribution in [0.15, 0.2) is 24.3 Å². The Morgan fingerprint density at radius 3 is 0.854 bits per heavy atom. The third-order valence-electron chi connectivity index (χ3n) is 7.81. The highest BCUT2D eigenvalue weighted by molar-refractivity contribution is 6.72. The third-order valence-corrected chi connectivity index (χ3v) is 11.1. The Balaban J connectivity index is 2.02. The zero-order chi connectivity index (χ0) is 31.2. The summed E-state index contributed by atoms with van der Waals surface area (Å²) in [5, 5.41) is 0. The van der Waals surface area contributed by atoms with E-state index in [-0.39, 0.29) is 16.2 Å². The summed E-state index contributed by atoms with van der Waals surface area (Å²) < 4.78 is 27.0. The summed E-state index contributed by atoms with van der Waals surface area (Å²) in [7, 11) is -7.46. The molecule has 0 atom stereocenters. The lowest BCUT2D eigenvalue weighted by Crippen LogP contribution is -2.33. The Bertz CT molecular complexity index is 1230. The van der Waals surface area contributed by atoms with Crippen LogP contribution in [0.3, 0.4) is 0 Å². The van der Waals surface area contributed by atoms with Gasteiger partial charge in [-0.05, 0) is 149 Å². The quantitative estimate of drug-likeness (QED) is 0.273. The molecule has 2 aliphatic rings. The van der Waals surface area contributed by atoms with Gasteiger partial charge in [0.2, 0.25) is 33.3 Å². The van der Waals surface area contributed by atoms with Crippen molar-refractivity contribution in [3.05, 3.63) is 46.5 Å². The van der Waals surface area contributed by atoms with Crippen LogP contribution in [0.25, 0.3) is 0 Å². The zero-order valence-electron chi connectivity index (χ0n) is 28.9. The van der Waals surface area contributed by atoms with E-state index in [4.69, 9.17) is 17.7 Å². The van der Waals surface area contributed by atoms with Gasteiger partial charge in [0.05, 0.1) is 0 Å². The molecule has 0 radical (unpaired) electrons. The van der Waals surface area contributed by atoms with E-state index in [0.29, 0.717) is 0 Å². The van der Waals surface area contributed by atoms with Gasteiger partial charge in [0.15, 0.2) is 0 Å². The molecule has 0 heterocycles. The molecule has 0 bridgehead atoms. The highest BCUT2D eigenvalue weighted by Crippen LogP contribution is 2.65. The maximum atomic E-state index is 6.78. The summed E-state index contributed by atoms with van der Waals surface area (Å²) in [4.78, 5) is 0. The first-order valence-electron chi connectivity index (χ1n) is 15.4. The average Bonchev–Trinajstić information content (AvgIpc) is 3.03. The third kappa shape index (κ3) is 6.86. The van der Waals surface area contributed by atoms with Gasteiger partial charge in [-0.15, -0.1) is 0 Å². The highest BCUT2D eigenvalue weighted by atomic mass is 28.4. The van der Waals surface area contributed by atoms with E-state index in [1.807, 2.05) is 0 Å². The number of benzene rings is 2. The van der Waals surface area contributed by atoms with Crippen LogP contribution in [0.1, 0.15) is 62.8 Å². The maximum Gasteiger partial charge on any atom is 0.242 e. The van der Waals surface area contributed by atoms with Crippen LogP contribution in [0, 0.1) is 0 Å². The van der Waals surface area contributed by atoms with E-state index in [2.05, 4.69) is 131 Å². The van der Waals surface area contributed by atoms with Crippen LogP contribution in [0.5, 0.6) is 23.0 Å². The predicted molar refractivity (Wildman–Crippen MR) is 185 cm³/mol. The first-order chi connectivity index (χ1) is 18.2. The van der Waals surface area contributed by atoms with Gasteiger partial charge in [-0.25, -0.2) is 0 Å². The monoisotopic (exact) mass is 628 g/mol. The summed E-state index contributed by atoms with van der Waals surface area (Å²) in [6.07, 6.45) is 2.10. The van der Waals surface area contributed by atoms with Gasteiger partial charge < -0.3 is 17.7 Å². The van der Waals surface area contributed by atoms with Crippen molar-refractivity contribution in [3.8, 4) is 23.0 Å². The molecule has 0 fully saturated rings.